The van der Waals surface area contributed by atoms with Crippen LogP contribution in [0.1, 0.15) is 32.6 Å². The standard InChI is InChI=1S/C13H25N3O2S2/c1-11(13(14)19)20(17,18)16-8-4-12(5-9-16)10-15-6-2-3-7-15/h11-12H,2-10H2,1H3,(H2,14,19). The molecule has 0 aromatic carbocycles. The van der Waals surface area contributed by atoms with Crippen molar-refractivity contribution in [1.29, 1.82) is 0 Å². The normalized spacial score (nSPS) is 24.9. The smallest absolute Gasteiger partial charge is 0.223 e. The molecule has 2 fully saturated rings. The van der Waals surface area contributed by atoms with Crippen molar-refractivity contribution < 1.29 is 8.42 Å². The topological polar surface area (TPSA) is 66.6 Å². The molecule has 1 atom stereocenters. The molecule has 2 N–H and O–H groups in total. The molecule has 0 bridgehead atoms. The maximum absolute atomic E-state index is 12.3. The summed E-state index contributed by atoms with van der Waals surface area (Å²) in [6.45, 7) is 6.32. The molecule has 116 valence electrons. The molecule has 0 radical (unpaired) electrons. The third-order valence-corrected chi connectivity index (χ3v) is 7.23. The number of rotatable bonds is 5. The zero-order valence-corrected chi connectivity index (χ0v) is 13.8. The number of hydrogen-bond donors (Lipinski definition) is 1. The zero-order chi connectivity index (χ0) is 14.8. The third-order valence-electron chi connectivity index (χ3n) is 4.50. The first kappa shape index (κ1) is 16.1. The second-order valence-corrected chi connectivity index (χ2v) is 8.66. The van der Waals surface area contributed by atoms with Crippen molar-refractivity contribution in [2.75, 3.05) is 32.7 Å². The summed E-state index contributed by atoms with van der Waals surface area (Å²) in [4.78, 5) is 2.57. The van der Waals surface area contributed by atoms with E-state index in [9.17, 15) is 8.42 Å². The Labute approximate surface area is 127 Å². The maximum Gasteiger partial charge on any atom is 0.223 e. The Kier molecular flexibility index (Phi) is 5.39. The van der Waals surface area contributed by atoms with Gasteiger partial charge < -0.3 is 10.6 Å². The first-order valence-corrected chi connectivity index (χ1v) is 9.33. The zero-order valence-electron chi connectivity index (χ0n) is 12.1. The lowest BCUT2D eigenvalue weighted by molar-refractivity contribution is 0.205. The fourth-order valence-electron chi connectivity index (χ4n) is 3.05. The number of sulfonamides is 1. The molecule has 0 saturated carbocycles. The minimum Gasteiger partial charge on any atom is -0.392 e. The van der Waals surface area contributed by atoms with Crippen molar-refractivity contribution in [3.8, 4) is 0 Å². The molecule has 0 aliphatic carbocycles. The molecular weight excluding hydrogens is 294 g/mol. The average Bonchev–Trinajstić information content (AvgIpc) is 2.91. The Bertz CT molecular complexity index is 439. The van der Waals surface area contributed by atoms with Crippen LogP contribution in [0.2, 0.25) is 0 Å². The summed E-state index contributed by atoms with van der Waals surface area (Å²) in [5.41, 5.74) is 5.48. The molecular formula is C13H25N3O2S2. The van der Waals surface area contributed by atoms with E-state index in [4.69, 9.17) is 18.0 Å². The van der Waals surface area contributed by atoms with Gasteiger partial charge in [-0.2, -0.15) is 0 Å². The van der Waals surface area contributed by atoms with Crippen molar-refractivity contribution in [3.05, 3.63) is 0 Å². The summed E-state index contributed by atoms with van der Waals surface area (Å²) in [6, 6.07) is 0. The van der Waals surface area contributed by atoms with E-state index in [-0.39, 0.29) is 4.99 Å². The molecule has 0 spiro atoms. The van der Waals surface area contributed by atoms with Gasteiger partial charge in [-0.05, 0) is 51.6 Å². The van der Waals surface area contributed by atoms with Crippen LogP contribution in [-0.4, -0.2) is 60.6 Å². The third kappa shape index (κ3) is 3.69. The Morgan fingerprint density at radius 3 is 2.30 bits per heavy atom. The maximum atomic E-state index is 12.3. The fraction of sp³-hybridized carbons (Fsp3) is 0.923. The number of nitrogens with two attached hydrogens (primary N) is 1. The van der Waals surface area contributed by atoms with E-state index < -0.39 is 15.3 Å². The highest BCUT2D eigenvalue weighted by molar-refractivity contribution is 7.92. The van der Waals surface area contributed by atoms with Crippen LogP contribution in [0.15, 0.2) is 0 Å². The first-order valence-electron chi connectivity index (χ1n) is 7.42. The first-order chi connectivity index (χ1) is 9.41. The van der Waals surface area contributed by atoms with Gasteiger partial charge in [-0.3, -0.25) is 0 Å². The van der Waals surface area contributed by atoms with Crippen LogP contribution >= 0.6 is 12.2 Å². The number of likely N-dealkylation sites (tertiary alicyclic amines) is 1. The number of thiocarbonyl (C=S) groups is 1. The summed E-state index contributed by atoms with van der Waals surface area (Å²) < 4.78 is 26.2. The summed E-state index contributed by atoms with van der Waals surface area (Å²) in [6.07, 6.45) is 4.50. The molecule has 2 heterocycles. The molecule has 0 amide bonds. The number of nitrogens with zero attached hydrogens (tertiary/aromatic N) is 2. The van der Waals surface area contributed by atoms with Crippen LogP contribution in [0.3, 0.4) is 0 Å². The summed E-state index contributed by atoms with van der Waals surface area (Å²) in [5, 5.41) is -0.757. The second-order valence-electron chi connectivity index (χ2n) is 5.94. The van der Waals surface area contributed by atoms with Crippen LogP contribution in [0.4, 0.5) is 0 Å². The van der Waals surface area contributed by atoms with Crippen molar-refractivity contribution in [1.82, 2.24) is 9.21 Å². The van der Waals surface area contributed by atoms with E-state index in [0.717, 1.165) is 19.4 Å². The molecule has 0 aromatic rings. The lowest BCUT2D eigenvalue weighted by Crippen LogP contribution is -2.47. The molecule has 0 aromatic heterocycles. The van der Waals surface area contributed by atoms with Crippen molar-refractivity contribution in [3.63, 3.8) is 0 Å². The van der Waals surface area contributed by atoms with Gasteiger partial charge in [0.25, 0.3) is 0 Å². The van der Waals surface area contributed by atoms with E-state index >= 15 is 0 Å². The van der Waals surface area contributed by atoms with Crippen molar-refractivity contribution in [2.24, 2.45) is 11.7 Å². The summed E-state index contributed by atoms with van der Waals surface area (Å²) in [5.74, 6) is 0.625. The number of hydrogen-bond acceptors (Lipinski definition) is 4. The Balaban J connectivity index is 1.85. The van der Waals surface area contributed by atoms with E-state index in [2.05, 4.69) is 4.90 Å². The van der Waals surface area contributed by atoms with E-state index in [1.54, 1.807) is 11.2 Å². The Morgan fingerprint density at radius 2 is 1.80 bits per heavy atom. The van der Waals surface area contributed by atoms with Gasteiger partial charge in [0, 0.05) is 19.6 Å². The van der Waals surface area contributed by atoms with E-state index in [1.807, 2.05) is 0 Å². The SMILES string of the molecule is CC(C(N)=S)S(=O)(=O)N1CCC(CN2CCCC2)CC1. The molecule has 2 rings (SSSR count). The molecule has 2 saturated heterocycles. The van der Waals surface area contributed by atoms with Crippen LogP contribution < -0.4 is 5.73 Å². The van der Waals surface area contributed by atoms with Crippen molar-refractivity contribution in [2.45, 2.75) is 37.9 Å². The van der Waals surface area contributed by atoms with Crippen LogP contribution in [0.25, 0.3) is 0 Å². The minimum absolute atomic E-state index is 0.0594. The Hall–Kier alpha value is -0.240. The van der Waals surface area contributed by atoms with Gasteiger partial charge in [-0.15, -0.1) is 0 Å². The molecule has 1 unspecified atom stereocenters. The highest BCUT2D eigenvalue weighted by Gasteiger charge is 2.34. The van der Waals surface area contributed by atoms with Crippen LogP contribution in [-0.2, 0) is 10.0 Å². The molecule has 2 aliphatic rings. The predicted molar refractivity (Wildman–Crippen MR) is 85.1 cm³/mol. The lowest BCUT2D eigenvalue weighted by atomic mass is 9.98. The average molecular weight is 319 g/mol. The molecule has 20 heavy (non-hydrogen) atoms. The quantitative estimate of drug-likeness (QED) is 0.759. The minimum atomic E-state index is -3.36. The van der Waals surface area contributed by atoms with Crippen LogP contribution in [0.5, 0.6) is 0 Å². The van der Waals surface area contributed by atoms with Crippen molar-refractivity contribution >= 4 is 27.2 Å². The molecule has 5 nitrogen and oxygen atoms in total. The van der Waals surface area contributed by atoms with Gasteiger partial charge in [0.2, 0.25) is 10.0 Å². The number of piperidine rings is 1. The lowest BCUT2D eigenvalue weighted by Gasteiger charge is -2.34. The summed E-state index contributed by atoms with van der Waals surface area (Å²) in [7, 11) is -3.36. The van der Waals surface area contributed by atoms with Gasteiger partial charge in [-0.25, -0.2) is 12.7 Å². The molecule has 7 heteroatoms. The molecule has 2 aliphatic heterocycles. The van der Waals surface area contributed by atoms with Gasteiger partial charge in [-0.1, -0.05) is 12.2 Å². The highest BCUT2D eigenvalue weighted by atomic mass is 32.2. The second kappa shape index (κ2) is 6.68. The van der Waals surface area contributed by atoms with E-state index in [0.29, 0.717) is 19.0 Å². The fourth-order valence-corrected chi connectivity index (χ4v) is 4.87. The van der Waals surface area contributed by atoms with Gasteiger partial charge in [0.1, 0.15) is 5.25 Å². The predicted octanol–water partition coefficient (Wildman–Crippen LogP) is 0.799. The largest absolute Gasteiger partial charge is 0.392 e. The Morgan fingerprint density at radius 1 is 1.25 bits per heavy atom. The van der Waals surface area contributed by atoms with E-state index in [1.165, 1.54) is 25.9 Å². The van der Waals surface area contributed by atoms with Gasteiger partial charge >= 0.3 is 0 Å². The monoisotopic (exact) mass is 319 g/mol. The summed E-state index contributed by atoms with van der Waals surface area (Å²) >= 11 is 4.82. The van der Waals surface area contributed by atoms with Crippen LogP contribution in [0, 0.1) is 5.92 Å². The highest BCUT2D eigenvalue weighted by Crippen LogP contribution is 2.23. The van der Waals surface area contributed by atoms with Gasteiger partial charge in [0.15, 0.2) is 0 Å². The van der Waals surface area contributed by atoms with Gasteiger partial charge in [0.05, 0.1) is 4.99 Å².